The van der Waals surface area contributed by atoms with Crippen LogP contribution in [0.15, 0.2) is 0 Å². The molecule has 0 fully saturated rings. The molecular formula is C7H10FN3O2. The molecule has 0 saturated heterocycles. The van der Waals surface area contributed by atoms with Gasteiger partial charge in [-0.3, -0.25) is 14.7 Å². The van der Waals surface area contributed by atoms with E-state index >= 15 is 0 Å². The number of nitrogens with zero attached hydrogens (tertiary/aromatic N) is 2. The summed E-state index contributed by atoms with van der Waals surface area (Å²) in [6.07, 6.45) is 0. The lowest BCUT2D eigenvalue weighted by Gasteiger charge is -2.11. The Morgan fingerprint density at radius 2 is 2.31 bits per heavy atom. The molecule has 0 unspecified atom stereocenters. The number of halogens is 1. The summed E-state index contributed by atoms with van der Waals surface area (Å²) in [4.78, 5) is 15.9. The minimum Gasteiger partial charge on any atom is -0.279 e. The first-order valence-electron chi connectivity index (χ1n) is 3.60. The number of carbonyl (C=O) groups excluding carboxylic acids is 1. The lowest BCUT2D eigenvalue weighted by atomic mass is 10.3. The molecule has 1 rings (SSSR count). The van der Waals surface area contributed by atoms with Crippen molar-refractivity contribution in [3.05, 3.63) is 17.2 Å². The van der Waals surface area contributed by atoms with E-state index in [1.165, 1.54) is 21.1 Å². The number of hydroxylamine groups is 2. The molecule has 6 heteroatoms. The van der Waals surface area contributed by atoms with Crippen LogP contribution in [0.2, 0.25) is 0 Å². The quantitative estimate of drug-likeness (QED) is 0.685. The van der Waals surface area contributed by atoms with Gasteiger partial charge in [0.15, 0.2) is 11.5 Å². The topological polar surface area (TPSA) is 58.2 Å². The SMILES string of the molecule is CON(C)C(=O)c1n[nH]c(C)c1F. The number of H-pyrrole nitrogens is 1. The fourth-order valence-electron chi connectivity index (χ4n) is 0.789. The highest BCUT2D eigenvalue weighted by Gasteiger charge is 2.20. The number of nitrogens with one attached hydrogen (secondary N) is 1. The maximum absolute atomic E-state index is 13.1. The van der Waals surface area contributed by atoms with Gasteiger partial charge in [-0.1, -0.05) is 0 Å². The number of rotatable bonds is 2. The van der Waals surface area contributed by atoms with Crippen LogP contribution in [0.5, 0.6) is 0 Å². The van der Waals surface area contributed by atoms with Crippen molar-refractivity contribution in [1.82, 2.24) is 15.3 Å². The van der Waals surface area contributed by atoms with E-state index in [9.17, 15) is 9.18 Å². The minimum absolute atomic E-state index is 0.229. The van der Waals surface area contributed by atoms with Crippen LogP contribution >= 0.6 is 0 Å². The smallest absolute Gasteiger partial charge is 0.279 e. The molecule has 0 saturated carbocycles. The molecule has 1 aromatic heterocycles. The molecule has 1 heterocycles. The summed E-state index contributed by atoms with van der Waals surface area (Å²) in [7, 11) is 2.70. The van der Waals surface area contributed by atoms with Crippen molar-refractivity contribution in [2.24, 2.45) is 0 Å². The number of amides is 1. The third-order valence-electron chi connectivity index (χ3n) is 1.63. The fraction of sp³-hybridized carbons (Fsp3) is 0.429. The van der Waals surface area contributed by atoms with Crippen LogP contribution in [0.3, 0.4) is 0 Å². The largest absolute Gasteiger partial charge is 0.300 e. The second kappa shape index (κ2) is 3.53. The summed E-state index contributed by atoms with van der Waals surface area (Å²) < 4.78 is 13.1. The van der Waals surface area contributed by atoms with Gasteiger partial charge >= 0.3 is 5.91 Å². The fourth-order valence-corrected chi connectivity index (χ4v) is 0.789. The molecule has 0 bridgehead atoms. The normalized spacial score (nSPS) is 10.2. The third kappa shape index (κ3) is 1.67. The van der Waals surface area contributed by atoms with Gasteiger partial charge in [0.1, 0.15) is 0 Å². The number of aromatic nitrogens is 2. The van der Waals surface area contributed by atoms with Crippen LogP contribution in [0.25, 0.3) is 0 Å². The first kappa shape index (κ1) is 9.66. The number of hydrogen-bond donors (Lipinski definition) is 1. The molecule has 0 aliphatic rings. The van der Waals surface area contributed by atoms with Gasteiger partial charge in [0.2, 0.25) is 0 Å². The minimum atomic E-state index is -0.645. The molecule has 5 nitrogen and oxygen atoms in total. The number of aromatic amines is 1. The van der Waals surface area contributed by atoms with Crippen molar-refractivity contribution in [2.45, 2.75) is 6.92 Å². The van der Waals surface area contributed by atoms with E-state index in [1.54, 1.807) is 0 Å². The number of hydrogen-bond acceptors (Lipinski definition) is 3. The van der Waals surface area contributed by atoms with Crippen LogP contribution in [-0.2, 0) is 4.84 Å². The Morgan fingerprint density at radius 1 is 1.69 bits per heavy atom. The van der Waals surface area contributed by atoms with E-state index in [1.807, 2.05) is 0 Å². The van der Waals surface area contributed by atoms with Crippen LogP contribution in [0, 0.1) is 12.7 Å². The van der Waals surface area contributed by atoms with Crippen molar-refractivity contribution in [2.75, 3.05) is 14.2 Å². The van der Waals surface area contributed by atoms with Gasteiger partial charge in [-0.15, -0.1) is 0 Å². The number of carbonyl (C=O) groups is 1. The lowest BCUT2D eigenvalue weighted by Crippen LogP contribution is -2.26. The summed E-state index contributed by atoms with van der Waals surface area (Å²) >= 11 is 0. The van der Waals surface area contributed by atoms with Gasteiger partial charge in [-0.25, -0.2) is 9.45 Å². The van der Waals surface area contributed by atoms with Gasteiger partial charge in [0.25, 0.3) is 0 Å². The van der Waals surface area contributed by atoms with E-state index in [0.29, 0.717) is 0 Å². The first-order chi connectivity index (χ1) is 6.07. The van der Waals surface area contributed by atoms with Crippen molar-refractivity contribution >= 4 is 5.91 Å². The van der Waals surface area contributed by atoms with Crippen molar-refractivity contribution in [1.29, 1.82) is 0 Å². The number of aryl methyl sites for hydroxylation is 1. The molecule has 0 aliphatic heterocycles. The molecule has 1 aromatic rings. The third-order valence-corrected chi connectivity index (χ3v) is 1.63. The van der Waals surface area contributed by atoms with E-state index in [4.69, 9.17) is 0 Å². The predicted octanol–water partition coefficient (Wildman–Crippen LogP) is 0.491. The van der Waals surface area contributed by atoms with E-state index < -0.39 is 11.7 Å². The van der Waals surface area contributed by atoms with Crippen molar-refractivity contribution in [3.8, 4) is 0 Å². The van der Waals surface area contributed by atoms with Gasteiger partial charge in [0.05, 0.1) is 12.8 Å². The van der Waals surface area contributed by atoms with E-state index in [0.717, 1.165) is 5.06 Å². The van der Waals surface area contributed by atoms with Crippen LogP contribution in [0.4, 0.5) is 4.39 Å². The van der Waals surface area contributed by atoms with Crippen LogP contribution < -0.4 is 0 Å². The summed E-state index contributed by atoms with van der Waals surface area (Å²) in [6, 6.07) is 0. The van der Waals surface area contributed by atoms with Crippen molar-refractivity contribution in [3.63, 3.8) is 0 Å². The summed E-state index contributed by atoms with van der Waals surface area (Å²) in [5.41, 5.74) is -0.0327. The Morgan fingerprint density at radius 3 is 2.69 bits per heavy atom. The van der Waals surface area contributed by atoms with Gasteiger partial charge in [0, 0.05) is 7.05 Å². The molecule has 0 aromatic carbocycles. The molecule has 1 N–H and O–H groups in total. The van der Waals surface area contributed by atoms with Gasteiger partial charge in [-0.05, 0) is 6.92 Å². The molecular weight excluding hydrogens is 177 g/mol. The predicted molar refractivity (Wildman–Crippen MR) is 42.4 cm³/mol. The molecule has 0 spiro atoms. The highest BCUT2D eigenvalue weighted by molar-refractivity contribution is 5.91. The summed E-state index contributed by atoms with van der Waals surface area (Å²) in [6.45, 7) is 1.49. The zero-order chi connectivity index (χ0) is 10.0. The molecule has 0 radical (unpaired) electrons. The average molecular weight is 187 g/mol. The Balaban J connectivity index is 2.95. The van der Waals surface area contributed by atoms with Gasteiger partial charge in [-0.2, -0.15) is 5.10 Å². The zero-order valence-corrected chi connectivity index (χ0v) is 7.59. The van der Waals surface area contributed by atoms with E-state index in [-0.39, 0.29) is 11.4 Å². The summed E-state index contributed by atoms with van der Waals surface area (Å²) in [5, 5.41) is 6.78. The van der Waals surface area contributed by atoms with Gasteiger partial charge < -0.3 is 0 Å². The van der Waals surface area contributed by atoms with Crippen molar-refractivity contribution < 1.29 is 14.0 Å². The molecule has 72 valence electrons. The van der Waals surface area contributed by atoms with Crippen LogP contribution in [0.1, 0.15) is 16.2 Å². The van der Waals surface area contributed by atoms with E-state index in [2.05, 4.69) is 15.0 Å². The average Bonchev–Trinajstić information content (AvgIpc) is 2.45. The first-order valence-corrected chi connectivity index (χ1v) is 3.60. The highest BCUT2D eigenvalue weighted by Crippen LogP contribution is 2.09. The van der Waals surface area contributed by atoms with Crippen LogP contribution in [-0.4, -0.2) is 35.3 Å². The summed E-state index contributed by atoms with van der Waals surface area (Å²) in [5.74, 6) is -1.27. The highest BCUT2D eigenvalue weighted by atomic mass is 19.1. The molecule has 13 heavy (non-hydrogen) atoms. The Labute approximate surface area is 74.4 Å². The Bertz CT molecular complexity index is 324. The second-order valence-electron chi connectivity index (χ2n) is 2.50. The molecule has 0 aliphatic carbocycles. The molecule has 1 amide bonds. The maximum atomic E-state index is 13.1. The second-order valence-corrected chi connectivity index (χ2v) is 2.50. The lowest BCUT2D eigenvalue weighted by molar-refractivity contribution is -0.0763. The Kier molecular flexibility index (Phi) is 2.62. The standard InChI is InChI=1S/C7H10FN3O2/c1-4-5(8)6(10-9-4)7(12)11(2)13-3/h1-3H3,(H,9,10). The monoisotopic (exact) mass is 187 g/mol. The maximum Gasteiger partial charge on any atom is 0.300 e. The zero-order valence-electron chi connectivity index (χ0n) is 7.59. The Hall–Kier alpha value is -1.43. The molecule has 0 atom stereocenters.